The SMILES string of the molecule is c1cc(-n2cnc3ccccc32)c(-c2cc(-n3cnc4ccccc43)cc(-n3cnc4ccccc43)c2)c(-n2cnc3ccccc32)c1. The zero-order valence-corrected chi connectivity index (χ0v) is 25.6. The highest BCUT2D eigenvalue weighted by Gasteiger charge is 2.20. The van der Waals surface area contributed by atoms with Crippen LogP contribution in [0.1, 0.15) is 0 Å². The van der Waals surface area contributed by atoms with Gasteiger partial charge in [-0.25, -0.2) is 19.9 Å². The molecule has 8 nitrogen and oxygen atoms in total. The molecular formula is C40H26N8. The topological polar surface area (TPSA) is 71.3 Å². The predicted molar refractivity (Wildman–Crippen MR) is 190 cm³/mol. The zero-order chi connectivity index (χ0) is 31.6. The number of rotatable bonds is 5. The summed E-state index contributed by atoms with van der Waals surface area (Å²) in [6.45, 7) is 0. The second kappa shape index (κ2) is 10.4. The molecule has 0 saturated carbocycles. The van der Waals surface area contributed by atoms with Crippen molar-refractivity contribution in [3.8, 4) is 33.9 Å². The molecule has 0 unspecified atom stereocenters. The van der Waals surface area contributed by atoms with Crippen LogP contribution in [0.3, 0.4) is 0 Å². The van der Waals surface area contributed by atoms with Gasteiger partial charge < -0.3 is 0 Å². The lowest BCUT2D eigenvalue weighted by Crippen LogP contribution is -2.04. The van der Waals surface area contributed by atoms with Gasteiger partial charge in [-0.3, -0.25) is 18.3 Å². The van der Waals surface area contributed by atoms with Crippen LogP contribution in [-0.2, 0) is 0 Å². The van der Waals surface area contributed by atoms with E-state index >= 15 is 0 Å². The van der Waals surface area contributed by atoms with Crippen molar-refractivity contribution in [2.75, 3.05) is 0 Å². The van der Waals surface area contributed by atoms with Crippen molar-refractivity contribution < 1.29 is 0 Å². The Morgan fingerprint density at radius 2 is 0.688 bits per heavy atom. The largest absolute Gasteiger partial charge is 0.299 e. The van der Waals surface area contributed by atoms with Crippen molar-refractivity contribution in [3.05, 3.63) is 159 Å². The van der Waals surface area contributed by atoms with E-state index in [1.807, 2.05) is 73.8 Å². The minimum absolute atomic E-state index is 0.936. The van der Waals surface area contributed by atoms with Crippen molar-refractivity contribution in [3.63, 3.8) is 0 Å². The molecule has 4 heterocycles. The van der Waals surface area contributed by atoms with Crippen LogP contribution in [-0.4, -0.2) is 38.2 Å². The standard InChI is InChI=1S/C40H26N8/c1-5-14-34-30(10-1)41-23-45(34)28-20-27(21-29(22-28)46-24-42-31-11-2-6-15-35(31)46)40-38(47-25-43-32-12-3-7-16-36(32)47)18-9-19-39(40)48-26-44-33-13-4-8-17-37(33)48/h1-26H. The second-order valence-corrected chi connectivity index (χ2v) is 11.8. The molecule has 0 spiro atoms. The van der Waals surface area contributed by atoms with Gasteiger partial charge in [0.1, 0.15) is 25.3 Å². The van der Waals surface area contributed by atoms with Gasteiger partial charge in [0.25, 0.3) is 0 Å². The van der Waals surface area contributed by atoms with E-state index in [0.717, 1.165) is 78.0 Å². The first-order valence-corrected chi connectivity index (χ1v) is 15.8. The predicted octanol–water partition coefficient (Wildman–Crippen LogP) is 8.71. The summed E-state index contributed by atoms with van der Waals surface area (Å²) in [5, 5.41) is 0. The highest BCUT2D eigenvalue weighted by atomic mass is 15.1. The second-order valence-electron chi connectivity index (χ2n) is 11.8. The summed E-state index contributed by atoms with van der Waals surface area (Å²) in [5.41, 5.74) is 13.9. The molecule has 0 aliphatic rings. The van der Waals surface area contributed by atoms with Crippen LogP contribution in [0.2, 0.25) is 0 Å². The third-order valence-corrected chi connectivity index (χ3v) is 9.10. The van der Waals surface area contributed by atoms with Crippen LogP contribution in [0, 0.1) is 0 Å². The summed E-state index contributed by atoms with van der Waals surface area (Å²) >= 11 is 0. The fourth-order valence-corrected chi connectivity index (χ4v) is 6.88. The third-order valence-electron chi connectivity index (χ3n) is 9.10. The van der Waals surface area contributed by atoms with Crippen molar-refractivity contribution in [1.29, 1.82) is 0 Å². The molecule has 0 bridgehead atoms. The Morgan fingerprint density at radius 3 is 1.10 bits per heavy atom. The molecule has 48 heavy (non-hydrogen) atoms. The molecule has 226 valence electrons. The molecule has 10 aromatic rings. The van der Waals surface area contributed by atoms with E-state index in [4.69, 9.17) is 19.9 Å². The van der Waals surface area contributed by atoms with Crippen molar-refractivity contribution in [2.24, 2.45) is 0 Å². The number of aromatic nitrogens is 8. The molecule has 8 heteroatoms. The Hall–Kier alpha value is -6.80. The molecule has 0 amide bonds. The van der Waals surface area contributed by atoms with Gasteiger partial charge in [-0.05, 0) is 84.4 Å². The first-order chi connectivity index (χ1) is 23.8. The van der Waals surface area contributed by atoms with Crippen LogP contribution in [0.15, 0.2) is 159 Å². The summed E-state index contributed by atoms with van der Waals surface area (Å²) in [6, 6.07) is 46.1. The van der Waals surface area contributed by atoms with Gasteiger partial charge in [0.2, 0.25) is 0 Å². The van der Waals surface area contributed by atoms with E-state index in [0.29, 0.717) is 0 Å². The van der Waals surface area contributed by atoms with E-state index in [9.17, 15) is 0 Å². The lowest BCUT2D eigenvalue weighted by atomic mass is 9.98. The molecule has 0 N–H and O–H groups in total. The Labute approximate surface area is 274 Å². The van der Waals surface area contributed by atoms with Crippen LogP contribution >= 0.6 is 0 Å². The highest BCUT2D eigenvalue weighted by Crippen LogP contribution is 2.38. The van der Waals surface area contributed by atoms with Crippen LogP contribution in [0.4, 0.5) is 0 Å². The number of hydrogen-bond donors (Lipinski definition) is 0. The number of imidazole rings is 4. The number of fused-ring (bicyclic) bond motifs is 4. The average Bonchev–Trinajstić information content (AvgIpc) is 3.95. The van der Waals surface area contributed by atoms with E-state index in [1.165, 1.54) is 0 Å². The minimum atomic E-state index is 0.936. The maximum absolute atomic E-state index is 4.78. The average molecular weight is 619 g/mol. The molecule has 0 fully saturated rings. The van der Waals surface area contributed by atoms with Crippen LogP contribution < -0.4 is 0 Å². The first kappa shape index (κ1) is 26.4. The number of para-hydroxylation sites is 8. The lowest BCUT2D eigenvalue weighted by molar-refractivity contribution is 1.05. The maximum Gasteiger partial charge on any atom is 0.100 e. The summed E-state index contributed by atoms with van der Waals surface area (Å²) in [6.07, 6.45) is 7.63. The first-order valence-electron chi connectivity index (χ1n) is 15.8. The smallest absolute Gasteiger partial charge is 0.100 e. The van der Waals surface area contributed by atoms with Crippen molar-refractivity contribution in [2.45, 2.75) is 0 Å². The molecule has 0 aliphatic heterocycles. The molecule has 4 aromatic heterocycles. The summed E-state index contributed by atoms with van der Waals surface area (Å²) in [7, 11) is 0. The van der Waals surface area contributed by atoms with Crippen LogP contribution in [0.25, 0.3) is 78.0 Å². The summed E-state index contributed by atoms with van der Waals surface area (Å²) in [5.74, 6) is 0. The molecular weight excluding hydrogens is 592 g/mol. The Bertz CT molecular complexity index is 2630. The fraction of sp³-hybridized carbons (Fsp3) is 0. The van der Waals surface area contributed by atoms with Crippen molar-refractivity contribution >= 4 is 44.1 Å². The fourth-order valence-electron chi connectivity index (χ4n) is 6.88. The van der Waals surface area contributed by atoms with Gasteiger partial charge in [0.05, 0.1) is 55.5 Å². The zero-order valence-electron chi connectivity index (χ0n) is 25.6. The normalized spacial score (nSPS) is 11.8. The summed E-state index contributed by atoms with van der Waals surface area (Å²) in [4.78, 5) is 19.0. The molecule has 0 saturated heterocycles. The minimum Gasteiger partial charge on any atom is -0.299 e. The Morgan fingerprint density at radius 1 is 0.333 bits per heavy atom. The maximum atomic E-state index is 4.78. The van der Waals surface area contributed by atoms with E-state index in [-0.39, 0.29) is 0 Å². The highest BCUT2D eigenvalue weighted by molar-refractivity contribution is 5.90. The Balaban J connectivity index is 1.32. The molecule has 0 atom stereocenters. The third kappa shape index (κ3) is 4.03. The lowest BCUT2D eigenvalue weighted by Gasteiger charge is -2.20. The molecule has 6 aromatic carbocycles. The summed E-state index contributed by atoms with van der Waals surface area (Å²) < 4.78 is 8.67. The van der Waals surface area contributed by atoms with Gasteiger partial charge >= 0.3 is 0 Å². The van der Waals surface area contributed by atoms with Gasteiger partial charge in [-0.15, -0.1) is 0 Å². The number of nitrogens with zero attached hydrogens (tertiary/aromatic N) is 8. The van der Waals surface area contributed by atoms with Gasteiger partial charge in [0.15, 0.2) is 0 Å². The number of benzene rings is 6. The van der Waals surface area contributed by atoms with E-state index in [1.54, 1.807) is 0 Å². The van der Waals surface area contributed by atoms with Gasteiger partial charge in [-0.2, -0.15) is 0 Å². The molecule has 10 rings (SSSR count). The van der Waals surface area contributed by atoms with Crippen LogP contribution in [0.5, 0.6) is 0 Å². The van der Waals surface area contributed by atoms with Crippen molar-refractivity contribution in [1.82, 2.24) is 38.2 Å². The van der Waals surface area contributed by atoms with Gasteiger partial charge in [-0.1, -0.05) is 54.6 Å². The van der Waals surface area contributed by atoms with E-state index in [2.05, 4.69) is 103 Å². The number of hydrogen-bond acceptors (Lipinski definition) is 4. The quantitative estimate of drug-likeness (QED) is 0.193. The molecule has 0 aliphatic carbocycles. The monoisotopic (exact) mass is 618 g/mol. The molecule has 0 radical (unpaired) electrons. The van der Waals surface area contributed by atoms with Gasteiger partial charge in [0, 0.05) is 16.9 Å². The Kier molecular flexibility index (Phi) is 5.71. The van der Waals surface area contributed by atoms with E-state index < -0.39 is 0 Å².